The molecule has 3 rings (SSSR count). The highest BCUT2D eigenvalue weighted by atomic mass is 16.5. The average Bonchev–Trinajstić information content (AvgIpc) is 3.04. The Morgan fingerprint density at radius 3 is 2.56 bits per heavy atom. The monoisotopic (exact) mass is 338 g/mol. The number of carbonyl (C=O) groups excluding carboxylic acids is 2. The summed E-state index contributed by atoms with van der Waals surface area (Å²) in [4.78, 5) is 26.0. The molecule has 0 N–H and O–H groups in total. The number of fused-ring (bicyclic) bond motifs is 1. The summed E-state index contributed by atoms with van der Waals surface area (Å²) in [6.07, 6.45) is -0.945. The van der Waals surface area contributed by atoms with Gasteiger partial charge in [0.05, 0.1) is 6.42 Å². The summed E-state index contributed by atoms with van der Waals surface area (Å²) in [5, 5.41) is 4.66. The van der Waals surface area contributed by atoms with Gasteiger partial charge in [-0.1, -0.05) is 35.5 Å². The van der Waals surface area contributed by atoms with Crippen molar-refractivity contribution >= 4 is 28.5 Å². The van der Waals surface area contributed by atoms with Crippen LogP contribution >= 0.6 is 0 Å². The molecule has 1 heterocycles. The molecule has 25 heavy (non-hydrogen) atoms. The second-order valence-corrected chi connectivity index (χ2v) is 5.67. The Balaban J connectivity index is 1.63. The lowest BCUT2D eigenvalue weighted by Crippen LogP contribution is -2.37. The number of rotatable bonds is 5. The third-order valence-electron chi connectivity index (χ3n) is 3.89. The number of hydrogen-bond donors (Lipinski definition) is 0. The zero-order valence-electron chi connectivity index (χ0n) is 14.0. The number of esters is 1. The minimum Gasteiger partial charge on any atom is -0.452 e. The lowest BCUT2D eigenvalue weighted by molar-refractivity contribution is -0.153. The number of aromatic nitrogens is 1. The molecular weight excluding hydrogens is 320 g/mol. The van der Waals surface area contributed by atoms with Crippen LogP contribution in [0, 0.1) is 0 Å². The molecule has 0 saturated heterocycles. The average molecular weight is 338 g/mol. The first-order valence-corrected chi connectivity index (χ1v) is 7.91. The van der Waals surface area contributed by atoms with Crippen molar-refractivity contribution in [3.8, 4) is 0 Å². The Morgan fingerprint density at radius 2 is 1.80 bits per heavy atom. The van der Waals surface area contributed by atoms with Crippen LogP contribution in [0.3, 0.4) is 0 Å². The van der Waals surface area contributed by atoms with Gasteiger partial charge in [-0.3, -0.25) is 9.59 Å². The van der Waals surface area contributed by atoms with Crippen molar-refractivity contribution < 1.29 is 18.8 Å². The minimum atomic E-state index is -0.893. The summed E-state index contributed by atoms with van der Waals surface area (Å²) >= 11 is 0. The molecule has 0 bridgehead atoms. The first-order valence-electron chi connectivity index (χ1n) is 7.91. The van der Waals surface area contributed by atoms with Gasteiger partial charge in [0, 0.05) is 18.1 Å². The molecule has 1 atom stereocenters. The number of anilines is 1. The molecule has 6 heteroatoms. The third-order valence-corrected chi connectivity index (χ3v) is 3.89. The van der Waals surface area contributed by atoms with Crippen LogP contribution in [0.5, 0.6) is 0 Å². The fraction of sp³-hybridized carbons (Fsp3) is 0.211. The Kier molecular flexibility index (Phi) is 4.79. The third kappa shape index (κ3) is 3.68. The van der Waals surface area contributed by atoms with Crippen molar-refractivity contribution in [2.75, 3.05) is 11.9 Å². The summed E-state index contributed by atoms with van der Waals surface area (Å²) in [5.74, 6) is -0.828. The van der Waals surface area contributed by atoms with Crippen molar-refractivity contribution in [2.24, 2.45) is 0 Å². The number of amides is 1. The molecule has 128 valence electrons. The molecule has 0 radical (unpaired) electrons. The van der Waals surface area contributed by atoms with Crippen LogP contribution in [0.2, 0.25) is 0 Å². The summed E-state index contributed by atoms with van der Waals surface area (Å²) in [6, 6.07) is 16.4. The van der Waals surface area contributed by atoms with Crippen LogP contribution in [0.15, 0.2) is 59.1 Å². The maximum atomic E-state index is 12.4. The molecular formula is C19H18N2O4. The Morgan fingerprint density at radius 1 is 1.12 bits per heavy atom. The summed E-state index contributed by atoms with van der Waals surface area (Å²) in [5.41, 5.74) is 1.84. The van der Waals surface area contributed by atoms with Gasteiger partial charge >= 0.3 is 5.97 Å². The van der Waals surface area contributed by atoms with Crippen molar-refractivity contribution in [3.05, 3.63) is 60.3 Å². The minimum absolute atomic E-state index is 0.0519. The van der Waals surface area contributed by atoms with Crippen molar-refractivity contribution in [3.63, 3.8) is 0 Å². The van der Waals surface area contributed by atoms with E-state index in [1.165, 1.54) is 4.90 Å². The van der Waals surface area contributed by atoms with Crippen LogP contribution in [0.4, 0.5) is 5.69 Å². The highest BCUT2D eigenvalue weighted by Gasteiger charge is 2.23. The van der Waals surface area contributed by atoms with Gasteiger partial charge in [0.1, 0.15) is 5.69 Å². The van der Waals surface area contributed by atoms with E-state index in [1.54, 1.807) is 20.0 Å². The van der Waals surface area contributed by atoms with Crippen LogP contribution in [-0.2, 0) is 20.7 Å². The molecule has 0 aliphatic heterocycles. The van der Waals surface area contributed by atoms with E-state index in [1.807, 2.05) is 48.5 Å². The van der Waals surface area contributed by atoms with E-state index in [0.717, 1.165) is 11.1 Å². The number of ether oxygens (including phenoxy) is 1. The van der Waals surface area contributed by atoms with Gasteiger partial charge in [-0.2, -0.15) is 0 Å². The fourth-order valence-corrected chi connectivity index (χ4v) is 2.54. The number of carbonyl (C=O) groups is 2. The molecule has 0 saturated carbocycles. The Bertz CT molecular complexity index is 889. The predicted octanol–water partition coefficient (Wildman–Crippen LogP) is 2.97. The van der Waals surface area contributed by atoms with Gasteiger partial charge in [0.25, 0.3) is 5.91 Å². The van der Waals surface area contributed by atoms with Crippen molar-refractivity contribution in [1.82, 2.24) is 5.16 Å². The van der Waals surface area contributed by atoms with Crippen LogP contribution in [-0.4, -0.2) is 30.2 Å². The molecule has 0 aliphatic carbocycles. The lowest BCUT2D eigenvalue weighted by Gasteiger charge is -2.21. The van der Waals surface area contributed by atoms with E-state index >= 15 is 0 Å². The van der Waals surface area contributed by atoms with E-state index in [0.29, 0.717) is 11.3 Å². The number of para-hydroxylation sites is 2. The zero-order chi connectivity index (χ0) is 17.8. The van der Waals surface area contributed by atoms with E-state index in [-0.39, 0.29) is 12.3 Å². The first-order chi connectivity index (χ1) is 12.1. The van der Waals surface area contributed by atoms with Gasteiger partial charge in [-0.15, -0.1) is 0 Å². The van der Waals surface area contributed by atoms with Gasteiger partial charge in [-0.25, -0.2) is 0 Å². The molecule has 1 unspecified atom stereocenters. The second-order valence-electron chi connectivity index (χ2n) is 5.67. The van der Waals surface area contributed by atoms with Gasteiger partial charge in [0.15, 0.2) is 11.7 Å². The fourth-order valence-electron chi connectivity index (χ4n) is 2.54. The SMILES string of the molecule is CC(OC(=O)Cc1noc2ccccc12)C(=O)N(C)c1ccccc1. The summed E-state index contributed by atoms with van der Waals surface area (Å²) < 4.78 is 10.4. The van der Waals surface area contributed by atoms with Gasteiger partial charge < -0.3 is 14.2 Å². The molecule has 2 aromatic carbocycles. The quantitative estimate of drug-likeness (QED) is 0.669. The number of likely N-dealkylation sites (N-methyl/N-ethyl adjacent to an activating group) is 1. The maximum Gasteiger partial charge on any atom is 0.312 e. The molecule has 3 aromatic rings. The zero-order valence-corrected chi connectivity index (χ0v) is 14.0. The number of benzene rings is 2. The van der Waals surface area contributed by atoms with E-state index in [9.17, 15) is 9.59 Å². The summed E-state index contributed by atoms with van der Waals surface area (Å²) in [7, 11) is 1.65. The van der Waals surface area contributed by atoms with E-state index in [4.69, 9.17) is 9.26 Å². The molecule has 1 aromatic heterocycles. The topological polar surface area (TPSA) is 72.6 Å². The summed E-state index contributed by atoms with van der Waals surface area (Å²) in [6.45, 7) is 1.56. The Hall–Kier alpha value is -3.15. The van der Waals surface area contributed by atoms with Crippen LogP contribution in [0.1, 0.15) is 12.6 Å². The molecule has 6 nitrogen and oxygen atoms in total. The molecule has 1 amide bonds. The largest absolute Gasteiger partial charge is 0.452 e. The standard InChI is InChI=1S/C19H18N2O4/c1-13(19(23)21(2)14-8-4-3-5-9-14)24-18(22)12-16-15-10-6-7-11-17(15)25-20-16/h3-11,13H,12H2,1-2H3. The number of nitrogens with zero attached hydrogens (tertiary/aromatic N) is 2. The lowest BCUT2D eigenvalue weighted by atomic mass is 10.2. The molecule has 0 fully saturated rings. The normalized spacial score (nSPS) is 11.9. The van der Waals surface area contributed by atoms with E-state index in [2.05, 4.69) is 5.16 Å². The predicted molar refractivity (Wildman–Crippen MR) is 93.1 cm³/mol. The van der Waals surface area contributed by atoms with Crippen LogP contribution in [0.25, 0.3) is 11.0 Å². The molecule has 0 spiro atoms. The second kappa shape index (κ2) is 7.17. The Labute approximate surface area is 145 Å². The highest BCUT2D eigenvalue weighted by molar-refractivity contribution is 5.97. The van der Waals surface area contributed by atoms with Crippen molar-refractivity contribution in [2.45, 2.75) is 19.4 Å². The van der Waals surface area contributed by atoms with Crippen LogP contribution < -0.4 is 4.90 Å². The van der Waals surface area contributed by atoms with E-state index < -0.39 is 12.1 Å². The first kappa shape index (κ1) is 16.7. The maximum absolute atomic E-state index is 12.4. The smallest absolute Gasteiger partial charge is 0.312 e. The molecule has 0 aliphatic rings. The number of hydrogen-bond acceptors (Lipinski definition) is 5. The van der Waals surface area contributed by atoms with Gasteiger partial charge in [-0.05, 0) is 31.2 Å². The highest BCUT2D eigenvalue weighted by Crippen LogP contribution is 2.19. The van der Waals surface area contributed by atoms with Gasteiger partial charge in [0.2, 0.25) is 0 Å². The van der Waals surface area contributed by atoms with Crippen molar-refractivity contribution in [1.29, 1.82) is 0 Å².